The summed E-state index contributed by atoms with van der Waals surface area (Å²) in [6.45, 7) is 1.15. The summed E-state index contributed by atoms with van der Waals surface area (Å²) in [4.78, 5) is 18.1. The topological polar surface area (TPSA) is 84.3 Å². The first-order valence-electron chi connectivity index (χ1n) is 10.1. The fourth-order valence-corrected chi connectivity index (χ4v) is 5.50. The fourth-order valence-electron chi connectivity index (χ4n) is 3.52. The largest absolute Gasteiger partial charge is 0.321 e. The van der Waals surface area contributed by atoms with Gasteiger partial charge in [-0.2, -0.15) is 4.31 Å². The van der Waals surface area contributed by atoms with Crippen LogP contribution < -0.4 is 5.32 Å². The number of sulfonamides is 1. The number of benzene rings is 2. The monoisotopic (exact) mass is 456 g/mol. The zero-order valence-corrected chi connectivity index (χ0v) is 18.8. The van der Waals surface area contributed by atoms with Crippen LogP contribution >= 0.6 is 11.8 Å². The lowest BCUT2D eigenvalue weighted by molar-refractivity contribution is 0.102. The minimum absolute atomic E-state index is 0.277. The number of piperidine rings is 1. The number of hydrogen-bond acceptors (Lipinski definition) is 5. The molecule has 2 aromatic carbocycles. The Labute approximate surface area is 186 Å². The maximum absolute atomic E-state index is 12.8. The van der Waals surface area contributed by atoms with E-state index >= 15 is 0 Å². The third kappa shape index (κ3) is 4.84. The first kappa shape index (κ1) is 21.6. The molecule has 0 atom stereocenters. The number of anilines is 1. The van der Waals surface area contributed by atoms with Crippen molar-refractivity contribution in [2.75, 3.05) is 24.7 Å². The molecule has 0 bridgehead atoms. The number of thioether (sulfide) groups is 1. The molecule has 1 aliphatic rings. The molecule has 9 heteroatoms. The molecule has 7 nitrogen and oxygen atoms in total. The van der Waals surface area contributed by atoms with Gasteiger partial charge in [0.25, 0.3) is 5.91 Å². The van der Waals surface area contributed by atoms with Gasteiger partial charge in [0.2, 0.25) is 10.0 Å². The van der Waals surface area contributed by atoms with Gasteiger partial charge in [0, 0.05) is 35.6 Å². The van der Waals surface area contributed by atoms with Crippen LogP contribution in [0.3, 0.4) is 0 Å². The third-order valence-corrected chi connectivity index (χ3v) is 7.87. The Hall–Kier alpha value is -2.62. The SMILES string of the molecule is CSc1cccc(NC(=O)c2cn(-c3ccc(S(=O)(=O)N4CCCCC4)cc3)cn2)c1. The van der Waals surface area contributed by atoms with Gasteiger partial charge in [0.1, 0.15) is 12.0 Å². The van der Waals surface area contributed by atoms with Crippen molar-refractivity contribution in [3.05, 3.63) is 66.7 Å². The summed E-state index contributed by atoms with van der Waals surface area (Å²) in [6, 6.07) is 14.3. The van der Waals surface area contributed by atoms with Crippen LogP contribution in [0.15, 0.2) is 70.8 Å². The number of hydrogen-bond donors (Lipinski definition) is 1. The molecule has 1 aliphatic heterocycles. The van der Waals surface area contributed by atoms with E-state index < -0.39 is 10.0 Å². The number of imidazole rings is 1. The van der Waals surface area contributed by atoms with Crippen LogP contribution in [0.5, 0.6) is 0 Å². The van der Waals surface area contributed by atoms with Crippen molar-refractivity contribution in [3.8, 4) is 5.69 Å². The zero-order chi connectivity index (χ0) is 21.8. The van der Waals surface area contributed by atoms with Gasteiger partial charge in [-0.15, -0.1) is 11.8 Å². The van der Waals surface area contributed by atoms with Gasteiger partial charge in [-0.05, 0) is 61.6 Å². The molecule has 0 aliphatic carbocycles. The molecule has 31 heavy (non-hydrogen) atoms. The molecule has 1 saturated heterocycles. The number of nitrogens with zero attached hydrogens (tertiary/aromatic N) is 3. The van der Waals surface area contributed by atoms with E-state index in [-0.39, 0.29) is 16.5 Å². The van der Waals surface area contributed by atoms with Crippen molar-refractivity contribution in [1.82, 2.24) is 13.9 Å². The Morgan fingerprint density at radius 3 is 2.52 bits per heavy atom. The van der Waals surface area contributed by atoms with Gasteiger partial charge in [-0.3, -0.25) is 4.79 Å². The molecule has 4 rings (SSSR count). The molecule has 0 unspecified atom stereocenters. The second-order valence-electron chi connectivity index (χ2n) is 7.31. The fraction of sp³-hybridized carbons (Fsp3) is 0.273. The highest BCUT2D eigenvalue weighted by molar-refractivity contribution is 7.98. The molecule has 162 valence electrons. The van der Waals surface area contributed by atoms with Gasteiger partial charge >= 0.3 is 0 Å². The van der Waals surface area contributed by atoms with Crippen LogP contribution in [0, 0.1) is 0 Å². The quantitative estimate of drug-likeness (QED) is 0.567. The molecular weight excluding hydrogens is 432 g/mol. The Morgan fingerprint density at radius 2 is 1.81 bits per heavy atom. The second kappa shape index (κ2) is 9.25. The van der Waals surface area contributed by atoms with Crippen molar-refractivity contribution in [2.24, 2.45) is 0 Å². The molecule has 0 saturated carbocycles. The summed E-state index contributed by atoms with van der Waals surface area (Å²) in [6.07, 6.45) is 8.02. The van der Waals surface area contributed by atoms with Gasteiger partial charge in [0.05, 0.1) is 4.90 Å². The molecule has 3 aromatic rings. The Bertz CT molecular complexity index is 1170. The lowest BCUT2D eigenvalue weighted by Gasteiger charge is -2.25. The highest BCUT2D eigenvalue weighted by Crippen LogP contribution is 2.22. The number of amides is 1. The molecular formula is C22H24N4O3S2. The number of rotatable bonds is 6. The van der Waals surface area contributed by atoms with E-state index in [1.807, 2.05) is 30.5 Å². The Morgan fingerprint density at radius 1 is 1.06 bits per heavy atom. The summed E-state index contributed by atoms with van der Waals surface area (Å²) in [5, 5.41) is 2.85. The smallest absolute Gasteiger partial charge is 0.275 e. The second-order valence-corrected chi connectivity index (χ2v) is 10.1. The summed E-state index contributed by atoms with van der Waals surface area (Å²) < 4.78 is 28.9. The van der Waals surface area contributed by atoms with Crippen molar-refractivity contribution in [1.29, 1.82) is 0 Å². The van der Waals surface area contributed by atoms with E-state index in [4.69, 9.17) is 0 Å². The molecule has 2 heterocycles. The van der Waals surface area contributed by atoms with Crippen LogP contribution in [0.25, 0.3) is 5.69 Å². The summed E-state index contributed by atoms with van der Waals surface area (Å²) in [5.41, 5.74) is 1.71. The average molecular weight is 457 g/mol. The van der Waals surface area contributed by atoms with Crippen molar-refractivity contribution >= 4 is 33.4 Å². The van der Waals surface area contributed by atoms with Gasteiger partial charge in [-0.25, -0.2) is 13.4 Å². The van der Waals surface area contributed by atoms with Crippen molar-refractivity contribution in [3.63, 3.8) is 0 Å². The zero-order valence-electron chi connectivity index (χ0n) is 17.2. The molecule has 1 N–H and O–H groups in total. The van der Waals surface area contributed by atoms with Gasteiger partial charge < -0.3 is 9.88 Å². The summed E-state index contributed by atoms with van der Waals surface area (Å²) in [5.74, 6) is -0.304. The lowest BCUT2D eigenvalue weighted by Crippen LogP contribution is -2.35. The molecule has 0 spiro atoms. The number of aromatic nitrogens is 2. The first-order valence-corrected chi connectivity index (χ1v) is 12.7. The standard InChI is InChI=1S/C22H24N4O3S2/c1-30-19-7-5-6-17(14-19)24-22(27)21-15-25(16-23-21)18-8-10-20(11-9-18)31(28,29)26-12-3-2-4-13-26/h5-11,14-16H,2-4,12-13H2,1H3,(H,24,27). The maximum atomic E-state index is 12.8. The van der Waals surface area contributed by atoms with E-state index in [2.05, 4.69) is 10.3 Å². The van der Waals surface area contributed by atoms with Crippen LogP contribution in [0.1, 0.15) is 29.8 Å². The summed E-state index contributed by atoms with van der Waals surface area (Å²) >= 11 is 1.60. The van der Waals surface area contributed by atoms with E-state index in [1.165, 1.54) is 0 Å². The van der Waals surface area contributed by atoms with Crippen LogP contribution in [-0.2, 0) is 10.0 Å². The molecule has 1 amide bonds. The normalized spacial score (nSPS) is 15.0. The predicted octanol–water partition coefficient (Wildman–Crippen LogP) is 4.02. The maximum Gasteiger partial charge on any atom is 0.275 e. The number of nitrogens with one attached hydrogen (secondary N) is 1. The van der Waals surface area contributed by atoms with E-state index in [0.29, 0.717) is 18.8 Å². The van der Waals surface area contributed by atoms with Gasteiger partial charge in [0.15, 0.2) is 0 Å². The van der Waals surface area contributed by atoms with E-state index in [9.17, 15) is 13.2 Å². The van der Waals surface area contributed by atoms with Crippen molar-refractivity contribution in [2.45, 2.75) is 29.1 Å². The van der Waals surface area contributed by atoms with Crippen molar-refractivity contribution < 1.29 is 13.2 Å². The molecule has 1 fully saturated rings. The average Bonchev–Trinajstić information content (AvgIpc) is 3.30. The highest BCUT2D eigenvalue weighted by atomic mass is 32.2. The van der Waals surface area contributed by atoms with E-state index in [1.54, 1.807) is 57.4 Å². The van der Waals surface area contributed by atoms with E-state index in [0.717, 1.165) is 29.8 Å². The number of carbonyl (C=O) groups is 1. The molecule has 1 aromatic heterocycles. The minimum atomic E-state index is -3.47. The Kier molecular flexibility index (Phi) is 6.45. The third-order valence-electron chi connectivity index (χ3n) is 5.23. The van der Waals surface area contributed by atoms with Crippen LogP contribution in [0.2, 0.25) is 0 Å². The minimum Gasteiger partial charge on any atom is -0.321 e. The highest BCUT2D eigenvalue weighted by Gasteiger charge is 2.25. The lowest BCUT2D eigenvalue weighted by atomic mass is 10.2. The van der Waals surface area contributed by atoms with Crippen LogP contribution in [0.4, 0.5) is 5.69 Å². The van der Waals surface area contributed by atoms with Crippen LogP contribution in [-0.4, -0.2) is 47.5 Å². The molecule has 0 radical (unpaired) electrons. The Balaban J connectivity index is 1.48. The first-order chi connectivity index (χ1) is 15.0. The summed E-state index contributed by atoms with van der Waals surface area (Å²) in [7, 11) is -3.47. The van der Waals surface area contributed by atoms with Gasteiger partial charge in [-0.1, -0.05) is 12.5 Å². The predicted molar refractivity (Wildman–Crippen MR) is 122 cm³/mol. The number of carbonyl (C=O) groups excluding carboxylic acids is 1.